The summed E-state index contributed by atoms with van der Waals surface area (Å²) < 4.78 is 5.35. The van der Waals surface area contributed by atoms with Gasteiger partial charge in [-0.25, -0.2) is 0 Å². The van der Waals surface area contributed by atoms with Crippen molar-refractivity contribution in [3.05, 3.63) is 47.6 Å². The number of allylic oxidation sites excluding steroid dienone is 4. The molecule has 0 aromatic carbocycles. The van der Waals surface area contributed by atoms with E-state index < -0.39 is 23.7 Å². The van der Waals surface area contributed by atoms with Crippen LogP contribution in [0.4, 0.5) is 0 Å². The second-order valence-corrected chi connectivity index (χ2v) is 12.5. The molecule has 5 nitrogen and oxygen atoms in total. The van der Waals surface area contributed by atoms with E-state index in [1.807, 2.05) is 13.8 Å². The van der Waals surface area contributed by atoms with Gasteiger partial charge in [-0.2, -0.15) is 0 Å². The van der Waals surface area contributed by atoms with Crippen LogP contribution in [0.2, 0.25) is 0 Å². The second kappa shape index (κ2) is 11.4. The van der Waals surface area contributed by atoms with Gasteiger partial charge in [0.15, 0.2) is 0 Å². The van der Waals surface area contributed by atoms with Crippen molar-refractivity contribution in [2.45, 2.75) is 111 Å². The van der Waals surface area contributed by atoms with Crippen LogP contribution in [-0.2, 0) is 9.53 Å². The molecule has 0 spiro atoms. The van der Waals surface area contributed by atoms with E-state index in [2.05, 4.69) is 38.7 Å². The third-order valence-electron chi connectivity index (χ3n) is 9.14. The summed E-state index contributed by atoms with van der Waals surface area (Å²) in [5, 5.41) is 31.1. The Bertz CT molecular complexity index is 910. The minimum atomic E-state index is -0.999. The van der Waals surface area contributed by atoms with E-state index in [9.17, 15) is 20.1 Å². The normalized spacial score (nSPS) is 35.4. The van der Waals surface area contributed by atoms with Crippen LogP contribution in [0.1, 0.15) is 86.5 Å². The largest absolute Gasteiger partial charge is 0.462 e. The van der Waals surface area contributed by atoms with Gasteiger partial charge in [0.2, 0.25) is 0 Å². The van der Waals surface area contributed by atoms with Gasteiger partial charge in [0.25, 0.3) is 0 Å². The van der Waals surface area contributed by atoms with Gasteiger partial charge < -0.3 is 20.1 Å². The maximum atomic E-state index is 12.5. The molecule has 7 atom stereocenters. The lowest BCUT2D eigenvalue weighted by Gasteiger charge is -2.44. The third kappa shape index (κ3) is 6.06. The van der Waals surface area contributed by atoms with Gasteiger partial charge in [0.1, 0.15) is 0 Å². The first kappa shape index (κ1) is 28.9. The van der Waals surface area contributed by atoms with Gasteiger partial charge in [-0.05, 0) is 101 Å². The second-order valence-electron chi connectivity index (χ2n) is 12.5. The Kier molecular flexibility index (Phi) is 9.12. The molecule has 36 heavy (non-hydrogen) atoms. The molecule has 0 saturated heterocycles. The van der Waals surface area contributed by atoms with E-state index in [4.69, 9.17) is 4.74 Å². The number of hydrogen-bond donors (Lipinski definition) is 3. The Hall–Kier alpha value is -1.69. The predicted molar refractivity (Wildman–Crippen MR) is 144 cm³/mol. The molecule has 0 aromatic rings. The summed E-state index contributed by atoms with van der Waals surface area (Å²) in [5.41, 5.74) is 2.35. The van der Waals surface area contributed by atoms with Crippen LogP contribution in [0.15, 0.2) is 47.6 Å². The molecule has 0 amide bonds. The molecule has 3 N–H and O–H groups in total. The van der Waals surface area contributed by atoms with E-state index in [0.29, 0.717) is 24.7 Å². The highest BCUT2D eigenvalue weighted by molar-refractivity contribution is 5.77. The molecule has 202 valence electrons. The number of hydrogen-bond acceptors (Lipinski definition) is 5. The Morgan fingerprint density at radius 3 is 2.53 bits per heavy atom. The lowest BCUT2D eigenvalue weighted by Crippen LogP contribution is -2.39. The number of fused-ring (bicyclic) bond motifs is 1. The van der Waals surface area contributed by atoms with Gasteiger partial charge in [-0.3, -0.25) is 4.79 Å². The SMILES string of the molecule is C=C1/C(=C\C=C2\CCCC3(C)[C@@H]([C@H](C)C=C[C@@H](O)C(C)(C)C(=O)OC(C)C)CC[C@@H]23)C[C@@H](O)C[C@@H]1O. The van der Waals surface area contributed by atoms with Crippen molar-refractivity contribution < 1.29 is 24.9 Å². The zero-order valence-electron chi connectivity index (χ0n) is 23.2. The van der Waals surface area contributed by atoms with Crippen LogP contribution in [-0.4, -0.2) is 45.7 Å². The Morgan fingerprint density at radius 2 is 1.86 bits per heavy atom. The van der Waals surface area contributed by atoms with Crippen molar-refractivity contribution >= 4 is 5.97 Å². The summed E-state index contributed by atoms with van der Waals surface area (Å²) in [7, 11) is 0. The van der Waals surface area contributed by atoms with E-state index in [-0.39, 0.29) is 23.4 Å². The number of aliphatic hydroxyl groups excluding tert-OH is 3. The maximum absolute atomic E-state index is 12.5. The van der Waals surface area contributed by atoms with Crippen LogP contribution in [0, 0.1) is 28.6 Å². The summed E-state index contributed by atoms with van der Waals surface area (Å²) >= 11 is 0. The summed E-state index contributed by atoms with van der Waals surface area (Å²) in [6.45, 7) is 15.8. The molecule has 0 aliphatic heterocycles. The molecule has 1 unspecified atom stereocenters. The average molecular weight is 501 g/mol. The number of carbonyl (C=O) groups excluding carboxylic acids is 1. The first-order valence-electron chi connectivity index (χ1n) is 13.8. The third-order valence-corrected chi connectivity index (χ3v) is 9.14. The van der Waals surface area contributed by atoms with Crippen LogP contribution in [0.3, 0.4) is 0 Å². The standard InChI is InChI=1S/C31H48O5/c1-19(2)36-29(35)30(5,6)28(34)15-10-20(3)25-13-14-26-22(9-8-16-31(25,26)7)11-12-23-17-24(32)18-27(33)21(23)4/h10-12,15,19-20,24-28,32-34H,4,8-9,13-14,16-18H2,1-3,5-7H3/b15-10?,22-11-,23-12-/t20-,24-,25-,26+,27+,28-,31?/m1/s1. The highest BCUT2D eigenvalue weighted by atomic mass is 16.5. The van der Waals surface area contributed by atoms with Gasteiger partial charge in [-0.15, -0.1) is 0 Å². The molecule has 3 fully saturated rings. The summed E-state index contributed by atoms with van der Waals surface area (Å²) in [6.07, 6.45) is 12.6. The Morgan fingerprint density at radius 1 is 1.17 bits per heavy atom. The zero-order chi connectivity index (χ0) is 26.8. The van der Waals surface area contributed by atoms with E-state index >= 15 is 0 Å². The monoisotopic (exact) mass is 500 g/mol. The molecule has 3 saturated carbocycles. The molecular formula is C31H48O5. The molecule has 3 rings (SSSR count). The molecule has 0 aromatic heterocycles. The molecule has 0 heterocycles. The van der Waals surface area contributed by atoms with E-state index in [1.165, 1.54) is 12.0 Å². The number of carbonyl (C=O) groups is 1. The molecule has 3 aliphatic carbocycles. The summed E-state index contributed by atoms with van der Waals surface area (Å²) in [4.78, 5) is 12.5. The predicted octanol–water partition coefficient (Wildman–Crippen LogP) is 5.66. The Balaban J connectivity index is 1.72. The van der Waals surface area contributed by atoms with Gasteiger partial charge in [0.05, 0.1) is 29.8 Å². The van der Waals surface area contributed by atoms with Crippen molar-refractivity contribution in [1.82, 2.24) is 0 Å². The molecule has 0 bridgehead atoms. The van der Waals surface area contributed by atoms with Crippen molar-refractivity contribution in [3.63, 3.8) is 0 Å². The highest BCUT2D eigenvalue weighted by Gasteiger charge is 2.50. The Labute approximate surface area is 218 Å². The summed E-state index contributed by atoms with van der Waals surface area (Å²) in [5.74, 6) is 0.916. The molecule has 3 aliphatic rings. The quantitative estimate of drug-likeness (QED) is 0.310. The van der Waals surface area contributed by atoms with Gasteiger partial charge in [0, 0.05) is 6.42 Å². The molecule has 5 heteroatoms. The fourth-order valence-electron chi connectivity index (χ4n) is 6.75. The van der Waals surface area contributed by atoms with Gasteiger partial charge >= 0.3 is 5.97 Å². The highest BCUT2D eigenvalue weighted by Crippen LogP contribution is 2.59. The minimum absolute atomic E-state index is 0.186. The van der Waals surface area contributed by atoms with Crippen LogP contribution in [0.25, 0.3) is 0 Å². The maximum Gasteiger partial charge on any atom is 0.314 e. The van der Waals surface area contributed by atoms with Crippen molar-refractivity contribution in [2.75, 3.05) is 0 Å². The number of ether oxygens (including phenoxy) is 1. The van der Waals surface area contributed by atoms with Crippen LogP contribution < -0.4 is 0 Å². The average Bonchev–Trinajstić information content (AvgIpc) is 3.15. The fourth-order valence-corrected chi connectivity index (χ4v) is 6.75. The lowest BCUT2D eigenvalue weighted by atomic mass is 9.61. The number of aliphatic hydroxyl groups is 3. The topological polar surface area (TPSA) is 87.0 Å². The smallest absolute Gasteiger partial charge is 0.314 e. The van der Waals surface area contributed by atoms with Crippen molar-refractivity contribution in [2.24, 2.45) is 28.6 Å². The number of rotatable bonds is 7. The van der Waals surface area contributed by atoms with Gasteiger partial charge in [-0.1, -0.05) is 50.3 Å². The minimum Gasteiger partial charge on any atom is -0.462 e. The van der Waals surface area contributed by atoms with Crippen molar-refractivity contribution in [1.29, 1.82) is 0 Å². The summed E-state index contributed by atoms with van der Waals surface area (Å²) in [6, 6.07) is 0. The first-order valence-corrected chi connectivity index (χ1v) is 13.8. The molecular weight excluding hydrogens is 452 g/mol. The van der Waals surface area contributed by atoms with E-state index in [1.54, 1.807) is 19.9 Å². The zero-order valence-corrected chi connectivity index (χ0v) is 23.2. The van der Waals surface area contributed by atoms with Crippen molar-refractivity contribution in [3.8, 4) is 0 Å². The fraction of sp³-hybridized carbons (Fsp3) is 0.710. The van der Waals surface area contributed by atoms with Crippen LogP contribution in [0.5, 0.6) is 0 Å². The first-order chi connectivity index (χ1) is 16.8. The van der Waals surface area contributed by atoms with Crippen LogP contribution >= 0.6 is 0 Å². The number of esters is 1. The van der Waals surface area contributed by atoms with E-state index in [0.717, 1.165) is 36.8 Å². The molecule has 0 radical (unpaired) electrons. The lowest BCUT2D eigenvalue weighted by molar-refractivity contribution is -0.162.